The van der Waals surface area contributed by atoms with Crippen LogP contribution in [0.5, 0.6) is 0 Å². The first kappa shape index (κ1) is 28.2. The first-order valence-electron chi connectivity index (χ1n) is 12.2. The van der Waals surface area contributed by atoms with Gasteiger partial charge in [-0.1, -0.05) is 74.7 Å². The number of ether oxygens (including phenoxy) is 2. The van der Waals surface area contributed by atoms with Crippen molar-refractivity contribution in [2.24, 2.45) is 5.41 Å². The molecule has 0 aliphatic rings. The highest BCUT2D eigenvalue weighted by Crippen LogP contribution is 2.35. The molecule has 0 amide bonds. The second-order valence-electron chi connectivity index (χ2n) is 8.22. The predicted octanol–water partition coefficient (Wildman–Crippen LogP) is 6.32. The van der Waals surface area contributed by atoms with Gasteiger partial charge in [-0.2, -0.15) is 0 Å². The SMILES string of the molecule is CCCCCC(Cc1cnc(SCCC)n1Cc1ccccc1Cl)(C(=O)OCC)C(=O)OCC. The number of aromatic nitrogens is 2. The molecule has 2 rings (SSSR count). The number of nitrogens with zero attached hydrogens (tertiary/aromatic N) is 2. The van der Waals surface area contributed by atoms with Crippen LogP contribution in [0.2, 0.25) is 5.02 Å². The largest absolute Gasteiger partial charge is 0.465 e. The van der Waals surface area contributed by atoms with Gasteiger partial charge in [0.1, 0.15) is 0 Å². The maximum Gasteiger partial charge on any atom is 0.323 e. The van der Waals surface area contributed by atoms with Crippen LogP contribution in [-0.2, 0) is 32.0 Å². The molecule has 0 atom stereocenters. The third-order valence-corrected chi connectivity index (χ3v) is 7.21. The summed E-state index contributed by atoms with van der Waals surface area (Å²) in [6.45, 7) is 8.61. The van der Waals surface area contributed by atoms with E-state index in [1.54, 1.807) is 31.8 Å². The van der Waals surface area contributed by atoms with Crippen LogP contribution in [0.15, 0.2) is 35.6 Å². The molecular formula is C26H37ClN2O4S. The maximum atomic E-state index is 13.3. The molecule has 1 aromatic carbocycles. The standard InChI is InChI=1S/C26H37ClN2O4S/c1-5-9-12-15-26(23(30)32-7-3,24(31)33-8-4)17-21-18-28-25(34-16-6-2)29(21)19-20-13-10-11-14-22(20)27/h10-11,13-14,18H,5-9,12,15-17,19H2,1-4H3. The van der Waals surface area contributed by atoms with Crippen LogP contribution >= 0.6 is 23.4 Å². The lowest BCUT2D eigenvalue weighted by atomic mass is 9.78. The van der Waals surface area contributed by atoms with E-state index in [0.29, 0.717) is 18.0 Å². The Balaban J connectivity index is 2.54. The van der Waals surface area contributed by atoms with Gasteiger partial charge in [0.2, 0.25) is 0 Å². The Hall–Kier alpha value is -1.99. The lowest BCUT2D eigenvalue weighted by molar-refractivity contribution is -0.173. The Bertz CT molecular complexity index is 913. The topological polar surface area (TPSA) is 70.4 Å². The average molecular weight is 509 g/mol. The lowest BCUT2D eigenvalue weighted by Crippen LogP contribution is -2.44. The fourth-order valence-corrected chi connectivity index (χ4v) is 4.90. The van der Waals surface area contributed by atoms with Gasteiger partial charge < -0.3 is 14.0 Å². The van der Waals surface area contributed by atoms with Crippen molar-refractivity contribution < 1.29 is 19.1 Å². The number of carbonyl (C=O) groups is 2. The molecule has 34 heavy (non-hydrogen) atoms. The third-order valence-electron chi connectivity index (χ3n) is 5.65. The Labute approximate surface area is 212 Å². The van der Waals surface area contributed by atoms with Crippen molar-refractivity contribution in [2.75, 3.05) is 19.0 Å². The van der Waals surface area contributed by atoms with E-state index in [-0.39, 0.29) is 19.6 Å². The molecule has 0 radical (unpaired) electrons. The van der Waals surface area contributed by atoms with Gasteiger partial charge in [-0.15, -0.1) is 0 Å². The van der Waals surface area contributed by atoms with E-state index in [0.717, 1.165) is 47.8 Å². The molecule has 1 heterocycles. The van der Waals surface area contributed by atoms with Crippen LogP contribution < -0.4 is 0 Å². The summed E-state index contributed by atoms with van der Waals surface area (Å²) >= 11 is 8.12. The molecule has 0 fully saturated rings. The number of esters is 2. The van der Waals surface area contributed by atoms with E-state index in [9.17, 15) is 9.59 Å². The number of carbonyl (C=O) groups excluding carboxylic acids is 2. The zero-order valence-electron chi connectivity index (χ0n) is 20.8. The van der Waals surface area contributed by atoms with Crippen LogP contribution in [-0.4, -0.2) is 40.5 Å². The summed E-state index contributed by atoms with van der Waals surface area (Å²) in [4.78, 5) is 31.3. The second kappa shape index (κ2) is 14.4. The maximum absolute atomic E-state index is 13.3. The summed E-state index contributed by atoms with van der Waals surface area (Å²) in [5.74, 6) is -0.147. The van der Waals surface area contributed by atoms with Crippen molar-refractivity contribution in [3.63, 3.8) is 0 Å². The van der Waals surface area contributed by atoms with Gasteiger partial charge in [0, 0.05) is 29.1 Å². The van der Waals surface area contributed by atoms with Crippen LogP contribution in [0.1, 0.15) is 71.1 Å². The highest BCUT2D eigenvalue weighted by atomic mass is 35.5. The van der Waals surface area contributed by atoms with Gasteiger partial charge in [0.15, 0.2) is 10.6 Å². The highest BCUT2D eigenvalue weighted by molar-refractivity contribution is 7.99. The number of hydrogen-bond acceptors (Lipinski definition) is 6. The summed E-state index contributed by atoms with van der Waals surface area (Å²) in [7, 11) is 0. The van der Waals surface area contributed by atoms with E-state index < -0.39 is 17.4 Å². The number of rotatable bonds is 15. The first-order valence-corrected chi connectivity index (χ1v) is 13.5. The molecule has 0 saturated carbocycles. The normalized spacial score (nSPS) is 11.4. The van der Waals surface area contributed by atoms with Crippen molar-refractivity contribution in [1.82, 2.24) is 9.55 Å². The predicted molar refractivity (Wildman–Crippen MR) is 137 cm³/mol. The van der Waals surface area contributed by atoms with Crippen LogP contribution in [0.3, 0.4) is 0 Å². The fourth-order valence-electron chi connectivity index (χ4n) is 3.85. The van der Waals surface area contributed by atoms with Crippen molar-refractivity contribution in [3.8, 4) is 0 Å². The number of imidazole rings is 1. The lowest BCUT2D eigenvalue weighted by Gasteiger charge is -2.29. The molecule has 188 valence electrons. The molecule has 0 saturated heterocycles. The minimum absolute atomic E-state index is 0.165. The Morgan fingerprint density at radius 3 is 2.29 bits per heavy atom. The van der Waals surface area contributed by atoms with Crippen LogP contribution in [0.25, 0.3) is 0 Å². The van der Waals surface area contributed by atoms with Crippen LogP contribution in [0, 0.1) is 5.41 Å². The van der Waals surface area contributed by atoms with Gasteiger partial charge in [-0.25, -0.2) is 4.98 Å². The first-order chi connectivity index (χ1) is 16.4. The fraction of sp³-hybridized carbons (Fsp3) is 0.577. The summed E-state index contributed by atoms with van der Waals surface area (Å²) in [5, 5.41) is 1.51. The van der Waals surface area contributed by atoms with Crippen molar-refractivity contribution in [3.05, 3.63) is 46.7 Å². The van der Waals surface area contributed by atoms with Crippen molar-refractivity contribution in [2.45, 2.75) is 77.9 Å². The molecule has 0 aliphatic heterocycles. The average Bonchev–Trinajstić information content (AvgIpc) is 3.19. The molecule has 0 bridgehead atoms. The van der Waals surface area contributed by atoms with Gasteiger partial charge in [-0.05, 0) is 38.3 Å². The van der Waals surface area contributed by atoms with E-state index >= 15 is 0 Å². The highest BCUT2D eigenvalue weighted by Gasteiger charge is 2.49. The number of benzene rings is 1. The van der Waals surface area contributed by atoms with Gasteiger partial charge in [-0.3, -0.25) is 9.59 Å². The number of unbranched alkanes of at least 4 members (excludes halogenated alkanes) is 2. The smallest absolute Gasteiger partial charge is 0.323 e. The van der Waals surface area contributed by atoms with E-state index in [1.807, 2.05) is 24.3 Å². The summed E-state index contributed by atoms with van der Waals surface area (Å²) in [6.07, 6.45) is 5.92. The van der Waals surface area contributed by atoms with Crippen LogP contribution in [0.4, 0.5) is 0 Å². The quantitative estimate of drug-likeness (QED) is 0.121. The van der Waals surface area contributed by atoms with Gasteiger partial charge >= 0.3 is 11.9 Å². The zero-order chi connectivity index (χ0) is 25.0. The summed E-state index contributed by atoms with van der Waals surface area (Å²) in [5.41, 5.74) is 0.327. The van der Waals surface area contributed by atoms with E-state index in [4.69, 9.17) is 21.1 Å². The Morgan fingerprint density at radius 1 is 1.03 bits per heavy atom. The zero-order valence-corrected chi connectivity index (χ0v) is 22.3. The Morgan fingerprint density at radius 2 is 1.71 bits per heavy atom. The van der Waals surface area contributed by atoms with Crippen molar-refractivity contribution >= 4 is 35.3 Å². The van der Waals surface area contributed by atoms with Crippen molar-refractivity contribution in [1.29, 1.82) is 0 Å². The number of hydrogen-bond donors (Lipinski definition) is 0. The summed E-state index contributed by atoms with van der Waals surface area (Å²) in [6, 6.07) is 7.68. The number of halogens is 1. The monoisotopic (exact) mass is 508 g/mol. The van der Waals surface area contributed by atoms with E-state index in [1.165, 1.54) is 0 Å². The molecule has 0 spiro atoms. The second-order valence-corrected chi connectivity index (χ2v) is 9.68. The minimum Gasteiger partial charge on any atom is -0.465 e. The molecular weight excluding hydrogens is 472 g/mol. The molecule has 1 aromatic heterocycles. The Kier molecular flexibility index (Phi) is 12.0. The molecule has 0 unspecified atom stereocenters. The third kappa shape index (κ3) is 7.25. The minimum atomic E-state index is -1.41. The molecule has 0 N–H and O–H groups in total. The van der Waals surface area contributed by atoms with Gasteiger partial charge in [0.05, 0.1) is 19.8 Å². The van der Waals surface area contributed by atoms with E-state index in [2.05, 4.69) is 23.4 Å². The molecule has 2 aromatic rings. The van der Waals surface area contributed by atoms with Gasteiger partial charge in [0.25, 0.3) is 0 Å². The molecule has 6 nitrogen and oxygen atoms in total. The number of thioether (sulfide) groups is 1. The summed E-state index contributed by atoms with van der Waals surface area (Å²) < 4.78 is 12.9. The molecule has 0 aliphatic carbocycles. The molecule has 8 heteroatoms.